The lowest BCUT2D eigenvalue weighted by atomic mass is 10.1. The number of methoxy groups -OCH3 is 1. The van der Waals surface area contributed by atoms with Gasteiger partial charge in [-0.05, 0) is 36.1 Å². The molecule has 2 aliphatic heterocycles. The van der Waals surface area contributed by atoms with E-state index in [0.717, 1.165) is 39.3 Å². The minimum Gasteiger partial charge on any atom is -0.497 e. The van der Waals surface area contributed by atoms with Crippen molar-refractivity contribution < 1.29 is 14.3 Å². The van der Waals surface area contributed by atoms with Crippen molar-refractivity contribution in [3.8, 4) is 17.1 Å². The van der Waals surface area contributed by atoms with Gasteiger partial charge in [0.1, 0.15) is 17.5 Å². The van der Waals surface area contributed by atoms with Crippen molar-refractivity contribution in [2.24, 2.45) is 0 Å². The first-order chi connectivity index (χ1) is 17.2. The molecule has 2 aromatic carbocycles. The normalized spacial score (nSPS) is 17.4. The molecule has 178 valence electrons. The van der Waals surface area contributed by atoms with E-state index in [9.17, 15) is 4.79 Å². The molecule has 0 saturated carbocycles. The zero-order valence-corrected chi connectivity index (χ0v) is 20.3. The molecule has 1 N–H and O–H groups in total. The second-order valence-corrected chi connectivity index (χ2v) is 9.45. The summed E-state index contributed by atoms with van der Waals surface area (Å²) in [6, 6.07) is 13.8. The number of aromatic amines is 1. The Morgan fingerprint density at radius 3 is 2.89 bits per heavy atom. The molecule has 1 saturated heterocycles. The van der Waals surface area contributed by atoms with Gasteiger partial charge in [0.05, 0.1) is 33.1 Å². The summed E-state index contributed by atoms with van der Waals surface area (Å²) in [5.41, 5.74) is 3.65. The number of carbonyl (C=O) groups excluding carboxylic acids is 1. The average molecular weight is 488 g/mol. The van der Waals surface area contributed by atoms with Crippen molar-refractivity contribution in [2.45, 2.75) is 17.5 Å². The zero-order chi connectivity index (χ0) is 23.9. The molecule has 0 spiro atoms. The molecule has 4 aromatic rings. The van der Waals surface area contributed by atoms with Crippen LogP contribution in [-0.2, 0) is 16.1 Å². The summed E-state index contributed by atoms with van der Waals surface area (Å²) in [4.78, 5) is 31.6. The number of hydrogen-bond acceptors (Lipinski definition) is 7. The lowest BCUT2D eigenvalue weighted by Gasteiger charge is -2.43. The van der Waals surface area contributed by atoms with Gasteiger partial charge in [0.2, 0.25) is 0 Å². The van der Waals surface area contributed by atoms with Gasteiger partial charge in [0.15, 0.2) is 11.6 Å². The fraction of sp³-hybridized carbons (Fsp3) is 0.269. The van der Waals surface area contributed by atoms with Gasteiger partial charge in [-0.25, -0.2) is 9.97 Å². The summed E-state index contributed by atoms with van der Waals surface area (Å²) >= 11 is 1.70. The Morgan fingerprint density at radius 1 is 1.23 bits per heavy atom. The molecule has 0 aliphatic carbocycles. The number of hydrogen-bond donors (Lipinski definition) is 1. The average Bonchev–Trinajstić information content (AvgIpc) is 3.34. The van der Waals surface area contributed by atoms with E-state index in [1.165, 1.54) is 4.90 Å². The van der Waals surface area contributed by atoms with Crippen LogP contribution in [0.25, 0.3) is 22.3 Å². The maximum atomic E-state index is 13.5. The molecule has 6 rings (SSSR count). The van der Waals surface area contributed by atoms with Crippen LogP contribution in [0.2, 0.25) is 0 Å². The maximum absolute atomic E-state index is 13.5. The molecule has 0 bridgehead atoms. The lowest BCUT2D eigenvalue weighted by molar-refractivity contribution is -0.122. The number of fused-ring (bicyclic) bond motifs is 4. The summed E-state index contributed by atoms with van der Waals surface area (Å²) in [5, 5.41) is 1.02. The predicted molar refractivity (Wildman–Crippen MR) is 137 cm³/mol. The monoisotopic (exact) mass is 487 g/mol. The van der Waals surface area contributed by atoms with Gasteiger partial charge >= 0.3 is 0 Å². The van der Waals surface area contributed by atoms with Crippen LogP contribution in [-0.4, -0.2) is 60.0 Å². The first kappa shape index (κ1) is 21.9. The number of nitrogens with one attached hydrogen (secondary N) is 1. The Kier molecular flexibility index (Phi) is 5.58. The van der Waals surface area contributed by atoms with Crippen molar-refractivity contribution in [1.29, 1.82) is 0 Å². The van der Waals surface area contributed by atoms with Crippen LogP contribution >= 0.6 is 11.8 Å². The van der Waals surface area contributed by atoms with Crippen molar-refractivity contribution in [1.82, 2.24) is 15.0 Å². The summed E-state index contributed by atoms with van der Waals surface area (Å²) in [7, 11) is 1.65. The third kappa shape index (κ3) is 3.81. The largest absolute Gasteiger partial charge is 0.497 e. The third-order valence-electron chi connectivity index (χ3n) is 6.62. The molecule has 8 nitrogen and oxygen atoms in total. The first-order valence-electron chi connectivity index (χ1n) is 11.5. The lowest BCUT2D eigenvalue weighted by Crippen LogP contribution is -2.58. The Morgan fingerprint density at radius 2 is 2.09 bits per heavy atom. The quantitative estimate of drug-likeness (QED) is 0.424. The van der Waals surface area contributed by atoms with E-state index in [1.54, 1.807) is 30.0 Å². The number of morpholine rings is 1. The van der Waals surface area contributed by atoms with E-state index in [-0.39, 0.29) is 5.91 Å². The van der Waals surface area contributed by atoms with Crippen molar-refractivity contribution in [3.63, 3.8) is 0 Å². The van der Waals surface area contributed by atoms with Gasteiger partial charge in [-0.15, -0.1) is 11.8 Å². The van der Waals surface area contributed by atoms with Crippen molar-refractivity contribution in [2.75, 3.05) is 42.9 Å². The molecule has 1 unspecified atom stereocenters. The van der Waals surface area contributed by atoms with Crippen LogP contribution in [0.3, 0.4) is 0 Å². The Labute approximate surface area is 207 Å². The summed E-state index contributed by atoms with van der Waals surface area (Å²) in [6.45, 7) is 1.99. The predicted octanol–water partition coefficient (Wildman–Crippen LogP) is 4.11. The Bertz CT molecular complexity index is 1400. The Balaban J connectivity index is 1.42. The second-order valence-electron chi connectivity index (χ2n) is 8.57. The highest BCUT2D eigenvalue weighted by atomic mass is 32.2. The van der Waals surface area contributed by atoms with E-state index < -0.39 is 6.04 Å². The SMILES string of the molecule is COc1ccc2c(-c3ncc4c(n3)N3CCOCC3C(=O)N4Cc3ccc(SC)cc3)c[nH]c2c1. The van der Waals surface area contributed by atoms with Gasteiger partial charge in [-0.2, -0.15) is 0 Å². The van der Waals surface area contributed by atoms with Gasteiger partial charge in [-0.3, -0.25) is 4.79 Å². The maximum Gasteiger partial charge on any atom is 0.252 e. The number of nitrogens with zero attached hydrogens (tertiary/aromatic N) is 4. The number of benzene rings is 2. The van der Waals surface area contributed by atoms with E-state index >= 15 is 0 Å². The van der Waals surface area contributed by atoms with Crippen LogP contribution in [0, 0.1) is 0 Å². The molecule has 9 heteroatoms. The van der Waals surface area contributed by atoms with E-state index in [0.29, 0.717) is 32.1 Å². The smallest absolute Gasteiger partial charge is 0.252 e. The summed E-state index contributed by atoms with van der Waals surface area (Å²) in [6.07, 6.45) is 5.75. The summed E-state index contributed by atoms with van der Waals surface area (Å²) < 4.78 is 11.0. The minimum atomic E-state index is -0.392. The molecule has 1 fully saturated rings. The second kappa shape index (κ2) is 8.90. The van der Waals surface area contributed by atoms with Crippen LogP contribution < -0.4 is 14.5 Å². The van der Waals surface area contributed by atoms with Crippen LogP contribution in [0.15, 0.2) is 59.8 Å². The van der Waals surface area contributed by atoms with Gasteiger partial charge < -0.3 is 24.3 Å². The molecule has 1 atom stereocenters. The van der Waals surface area contributed by atoms with Crippen LogP contribution in [0.1, 0.15) is 5.56 Å². The molecule has 0 radical (unpaired) electrons. The number of aromatic nitrogens is 3. The third-order valence-corrected chi connectivity index (χ3v) is 7.37. The summed E-state index contributed by atoms with van der Waals surface area (Å²) in [5.74, 6) is 2.19. The van der Waals surface area contributed by atoms with Gasteiger partial charge in [0, 0.05) is 40.2 Å². The van der Waals surface area contributed by atoms with E-state index in [2.05, 4.69) is 40.4 Å². The van der Waals surface area contributed by atoms with Gasteiger partial charge in [0.25, 0.3) is 5.91 Å². The minimum absolute atomic E-state index is 0.0154. The van der Waals surface area contributed by atoms with Crippen molar-refractivity contribution in [3.05, 3.63) is 60.4 Å². The van der Waals surface area contributed by atoms with Crippen molar-refractivity contribution >= 4 is 40.1 Å². The molecular weight excluding hydrogens is 462 g/mol. The number of carbonyl (C=O) groups is 1. The number of anilines is 2. The molecule has 4 heterocycles. The fourth-order valence-corrected chi connectivity index (χ4v) is 5.16. The number of H-pyrrole nitrogens is 1. The van der Waals surface area contributed by atoms with E-state index in [1.807, 2.05) is 24.4 Å². The number of ether oxygens (including phenoxy) is 2. The highest BCUT2D eigenvalue weighted by Gasteiger charge is 2.41. The molecular formula is C26H25N5O3S. The first-order valence-corrected chi connectivity index (χ1v) is 12.7. The Hall–Kier alpha value is -3.56. The highest BCUT2D eigenvalue weighted by molar-refractivity contribution is 7.98. The standard InChI is InChI=1S/C26H25N5O3S/c1-33-17-5-8-19-20(12-27-21(19)11-17)24-28-13-22-25(29-24)30-9-10-34-15-23(30)26(32)31(22)14-16-3-6-18(35-2)7-4-16/h3-8,11-13,23,27H,9-10,14-15H2,1-2H3. The zero-order valence-electron chi connectivity index (χ0n) is 19.5. The van der Waals surface area contributed by atoms with Gasteiger partial charge in [-0.1, -0.05) is 12.1 Å². The molecule has 2 aromatic heterocycles. The molecule has 1 amide bonds. The van der Waals surface area contributed by atoms with E-state index in [4.69, 9.17) is 19.4 Å². The molecule has 2 aliphatic rings. The number of thioether (sulfide) groups is 1. The number of rotatable bonds is 5. The highest BCUT2D eigenvalue weighted by Crippen LogP contribution is 2.38. The fourth-order valence-electron chi connectivity index (χ4n) is 4.75. The topological polar surface area (TPSA) is 83.6 Å². The van der Waals surface area contributed by atoms with Crippen LogP contribution in [0.4, 0.5) is 11.5 Å². The number of amides is 1. The molecule has 35 heavy (non-hydrogen) atoms. The van der Waals surface area contributed by atoms with Crippen LogP contribution in [0.5, 0.6) is 5.75 Å².